The van der Waals surface area contributed by atoms with E-state index in [0.717, 1.165) is 31.4 Å². The molecule has 0 radical (unpaired) electrons. The summed E-state index contributed by atoms with van der Waals surface area (Å²) >= 11 is 0. The summed E-state index contributed by atoms with van der Waals surface area (Å²) in [6, 6.07) is 1.55. The number of carbonyl (C=O) groups is 1. The number of halogens is 2. The van der Waals surface area contributed by atoms with Gasteiger partial charge in [-0.3, -0.25) is 4.79 Å². The number of nitrogens with one attached hydrogen (secondary N) is 1. The Morgan fingerprint density at radius 1 is 1.25 bits per heavy atom. The van der Waals surface area contributed by atoms with Crippen LogP contribution in [0.3, 0.4) is 0 Å². The van der Waals surface area contributed by atoms with Crippen LogP contribution < -0.4 is 11.1 Å². The van der Waals surface area contributed by atoms with Gasteiger partial charge in [0.1, 0.15) is 0 Å². The Labute approximate surface area is 116 Å². The Morgan fingerprint density at radius 3 is 2.50 bits per heavy atom. The number of hydrogen-bond acceptors (Lipinski definition) is 3. The SMILES string of the molecule is Nc1cc(F)c(F)cc1C(=O)NCC1(O)CCCCC1. The lowest BCUT2D eigenvalue weighted by atomic mass is 9.85. The van der Waals surface area contributed by atoms with E-state index in [-0.39, 0.29) is 17.8 Å². The summed E-state index contributed by atoms with van der Waals surface area (Å²) in [6.07, 6.45) is 4.16. The highest BCUT2D eigenvalue weighted by molar-refractivity contribution is 5.99. The van der Waals surface area contributed by atoms with E-state index in [0.29, 0.717) is 12.8 Å². The van der Waals surface area contributed by atoms with Crippen LogP contribution >= 0.6 is 0 Å². The molecule has 0 heterocycles. The summed E-state index contributed by atoms with van der Waals surface area (Å²) in [6.45, 7) is 0.0876. The molecular weight excluding hydrogens is 266 g/mol. The molecule has 1 saturated carbocycles. The van der Waals surface area contributed by atoms with E-state index in [4.69, 9.17) is 5.73 Å². The highest BCUT2D eigenvalue weighted by Gasteiger charge is 2.29. The average Bonchev–Trinajstić information content (AvgIpc) is 2.41. The van der Waals surface area contributed by atoms with Gasteiger partial charge in [0, 0.05) is 18.3 Å². The van der Waals surface area contributed by atoms with Gasteiger partial charge >= 0.3 is 0 Å². The maximum atomic E-state index is 13.1. The lowest BCUT2D eigenvalue weighted by Gasteiger charge is -2.32. The molecule has 1 fully saturated rings. The van der Waals surface area contributed by atoms with E-state index in [9.17, 15) is 18.7 Å². The summed E-state index contributed by atoms with van der Waals surface area (Å²) in [5.41, 5.74) is 4.34. The largest absolute Gasteiger partial charge is 0.398 e. The van der Waals surface area contributed by atoms with Crippen molar-refractivity contribution in [2.75, 3.05) is 12.3 Å². The van der Waals surface area contributed by atoms with Crippen molar-refractivity contribution in [2.24, 2.45) is 0 Å². The van der Waals surface area contributed by atoms with Crippen LogP contribution in [0.5, 0.6) is 0 Å². The summed E-state index contributed by atoms with van der Waals surface area (Å²) < 4.78 is 26.1. The molecule has 0 spiro atoms. The van der Waals surface area contributed by atoms with Crippen LogP contribution in [-0.4, -0.2) is 23.2 Å². The van der Waals surface area contributed by atoms with Crippen molar-refractivity contribution in [3.63, 3.8) is 0 Å². The smallest absolute Gasteiger partial charge is 0.253 e. The molecule has 1 aromatic rings. The maximum Gasteiger partial charge on any atom is 0.253 e. The molecule has 0 aromatic heterocycles. The van der Waals surface area contributed by atoms with Crippen molar-refractivity contribution in [3.8, 4) is 0 Å². The van der Waals surface area contributed by atoms with Crippen LogP contribution in [0.25, 0.3) is 0 Å². The fraction of sp³-hybridized carbons (Fsp3) is 0.500. The van der Waals surface area contributed by atoms with Gasteiger partial charge in [0.25, 0.3) is 5.91 Å². The predicted molar refractivity (Wildman–Crippen MR) is 71.1 cm³/mol. The molecule has 2 rings (SSSR count). The average molecular weight is 284 g/mol. The van der Waals surface area contributed by atoms with Gasteiger partial charge < -0.3 is 16.2 Å². The van der Waals surface area contributed by atoms with Crippen molar-refractivity contribution in [1.29, 1.82) is 0 Å². The first-order valence-corrected chi connectivity index (χ1v) is 6.66. The third-order valence-corrected chi connectivity index (χ3v) is 3.70. The number of amides is 1. The molecule has 1 amide bonds. The van der Waals surface area contributed by atoms with E-state index < -0.39 is 23.1 Å². The first-order chi connectivity index (χ1) is 9.41. The minimum absolute atomic E-state index is 0.0876. The molecule has 1 aliphatic rings. The second-order valence-corrected chi connectivity index (χ2v) is 5.32. The van der Waals surface area contributed by atoms with E-state index >= 15 is 0 Å². The summed E-state index contributed by atoms with van der Waals surface area (Å²) in [4.78, 5) is 11.9. The Balaban J connectivity index is 2.03. The molecule has 1 aliphatic carbocycles. The van der Waals surface area contributed by atoms with Gasteiger partial charge in [0.05, 0.1) is 11.2 Å². The number of hydrogen-bond donors (Lipinski definition) is 3. The van der Waals surface area contributed by atoms with E-state index in [1.807, 2.05) is 0 Å². The van der Waals surface area contributed by atoms with E-state index in [1.54, 1.807) is 0 Å². The monoisotopic (exact) mass is 284 g/mol. The van der Waals surface area contributed by atoms with Crippen molar-refractivity contribution >= 4 is 11.6 Å². The zero-order valence-electron chi connectivity index (χ0n) is 11.1. The molecule has 20 heavy (non-hydrogen) atoms. The second kappa shape index (κ2) is 5.75. The molecule has 0 atom stereocenters. The van der Waals surface area contributed by atoms with Crippen molar-refractivity contribution in [1.82, 2.24) is 5.32 Å². The normalized spacial score (nSPS) is 17.8. The molecule has 4 nitrogen and oxygen atoms in total. The van der Waals surface area contributed by atoms with Gasteiger partial charge in [-0.25, -0.2) is 8.78 Å². The van der Waals surface area contributed by atoms with Gasteiger partial charge in [0.15, 0.2) is 11.6 Å². The number of anilines is 1. The third kappa shape index (κ3) is 3.25. The lowest BCUT2D eigenvalue weighted by molar-refractivity contribution is 0.00526. The van der Waals surface area contributed by atoms with Crippen LogP contribution in [0.2, 0.25) is 0 Å². The fourth-order valence-electron chi connectivity index (χ4n) is 2.49. The number of nitrogens with two attached hydrogens (primary N) is 1. The Morgan fingerprint density at radius 2 is 1.85 bits per heavy atom. The van der Waals surface area contributed by atoms with Gasteiger partial charge in [-0.15, -0.1) is 0 Å². The Hall–Kier alpha value is -1.69. The van der Waals surface area contributed by atoms with E-state index in [1.165, 1.54) is 0 Å². The standard InChI is InChI=1S/C14H18F2N2O2/c15-10-6-9(12(17)7-11(10)16)13(19)18-8-14(20)4-2-1-3-5-14/h6-7,20H,1-5,8,17H2,(H,18,19). The summed E-state index contributed by atoms with van der Waals surface area (Å²) in [5, 5.41) is 12.8. The number of benzene rings is 1. The topological polar surface area (TPSA) is 75.4 Å². The fourth-order valence-corrected chi connectivity index (χ4v) is 2.49. The van der Waals surface area contributed by atoms with E-state index in [2.05, 4.69) is 5.32 Å². The lowest BCUT2D eigenvalue weighted by Crippen LogP contribution is -2.44. The van der Waals surface area contributed by atoms with Crippen molar-refractivity contribution in [2.45, 2.75) is 37.7 Å². The van der Waals surface area contributed by atoms with Crippen molar-refractivity contribution < 1.29 is 18.7 Å². The molecule has 1 aromatic carbocycles. The Bertz CT molecular complexity index is 514. The molecule has 0 bridgehead atoms. The molecule has 0 aliphatic heterocycles. The zero-order valence-corrected chi connectivity index (χ0v) is 11.1. The second-order valence-electron chi connectivity index (χ2n) is 5.32. The number of nitrogen functional groups attached to an aromatic ring is 1. The highest BCUT2D eigenvalue weighted by Crippen LogP contribution is 2.27. The van der Waals surface area contributed by atoms with Gasteiger partial charge in [-0.1, -0.05) is 19.3 Å². The maximum absolute atomic E-state index is 13.1. The van der Waals surface area contributed by atoms with Gasteiger partial charge in [0.2, 0.25) is 0 Å². The first kappa shape index (κ1) is 14.7. The number of carbonyl (C=O) groups excluding carboxylic acids is 1. The molecule has 6 heteroatoms. The minimum atomic E-state index is -1.12. The minimum Gasteiger partial charge on any atom is -0.398 e. The third-order valence-electron chi connectivity index (χ3n) is 3.70. The number of aliphatic hydroxyl groups is 1. The van der Waals surface area contributed by atoms with Gasteiger partial charge in [-0.05, 0) is 18.9 Å². The zero-order chi connectivity index (χ0) is 14.8. The first-order valence-electron chi connectivity index (χ1n) is 6.66. The van der Waals surface area contributed by atoms with Crippen LogP contribution in [0.4, 0.5) is 14.5 Å². The molecule has 0 saturated heterocycles. The van der Waals surface area contributed by atoms with Crippen LogP contribution in [0, 0.1) is 11.6 Å². The summed E-state index contributed by atoms with van der Waals surface area (Å²) in [5.74, 6) is -2.83. The van der Waals surface area contributed by atoms with Crippen LogP contribution in [-0.2, 0) is 0 Å². The highest BCUT2D eigenvalue weighted by atomic mass is 19.2. The quantitative estimate of drug-likeness (QED) is 0.743. The molecular formula is C14H18F2N2O2. The Kier molecular flexibility index (Phi) is 4.23. The molecule has 4 N–H and O–H groups in total. The van der Waals surface area contributed by atoms with Crippen molar-refractivity contribution in [3.05, 3.63) is 29.3 Å². The molecule has 0 unspecified atom stereocenters. The van der Waals surface area contributed by atoms with Crippen LogP contribution in [0.15, 0.2) is 12.1 Å². The predicted octanol–water partition coefficient (Wildman–Crippen LogP) is 1.97. The summed E-state index contributed by atoms with van der Waals surface area (Å²) in [7, 11) is 0. The number of rotatable bonds is 3. The van der Waals surface area contributed by atoms with Crippen LogP contribution in [0.1, 0.15) is 42.5 Å². The molecule has 110 valence electrons. The van der Waals surface area contributed by atoms with Gasteiger partial charge in [-0.2, -0.15) is 0 Å².